The van der Waals surface area contributed by atoms with Crippen molar-refractivity contribution in [3.63, 3.8) is 0 Å². The second-order valence-corrected chi connectivity index (χ2v) is 6.75. The number of benzene rings is 1. The number of rotatable bonds is 4. The van der Waals surface area contributed by atoms with Crippen molar-refractivity contribution in [2.45, 2.75) is 12.8 Å². The molecule has 0 atom stereocenters. The van der Waals surface area contributed by atoms with Crippen molar-refractivity contribution < 1.29 is 9.59 Å². The topological polar surface area (TPSA) is 53.5 Å². The summed E-state index contributed by atoms with van der Waals surface area (Å²) in [6, 6.07) is 7.18. The summed E-state index contributed by atoms with van der Waals surface area (Å²) < 4.78 is 0.916. The van der Waals surface area contributed by atoms with E-state index in [2.05, 4.69) is 20.9 Å². The van der Waals surface area contributed by atoms with E-state index in [1.165, 1.54) is 11.3 Å². The number of thiazole rings is 1. The van der Waals surface area contributed by atoms with Gasteiger partial charge < -0.3 is 4.90 Å². The Morgan fingerprint density at radius 3 is 2.73 bits per heavy atom. The molecule has 0 aliphatic carbocycles. The number of carbonyl (C=O) groups excluding carboxylic acids is 2. The highest BCUT2D eigenvalue weighted by molar-refractivity contribution is 9.10. The number of anilines is 1. The molecule has 0 spiro atoms. The number of carbonyl (C=O) groups is 2. The maximum Gasteiger partial charge on any atom is 0.261 e. The third-order valence-corrected chi connectivity index (χ3v) is 4.79. The molecule has 5 nitrogen and oxygen atoms in total. The Kier molecular flexibility index (Phi) is 4.54. The van der Waals surface area contributed by atoms with Crippen LogP contribution in [0.25, 0.3) is 0 Å². The van der Waals surface area contributed by atoms with Gasteiger partial charge in [0.25, 0.3) is 5.91 Å². The molecule has 2 heterocycles. The van der Waals surface area contributed by atoms with Crippen molar-refractivity contribution in [3.05, 3.63) is 45.9 Å². The summed E-state index contributed by atoms with van der Waals surface area (Å²) in [6.45, 7) is 0.940. The lowest BCUT2D eigenvalue weighted by molar-refractivity contribution is -0.127. The number of nitrogens with zero attached hydrogens (tertiary/aromatic N) is 3. The lowest BCUT2D eigenvalue weighted by Gasteiger charge is -2.26. The minimum absolute atomic E-state index is 0.0881. The molecule has 0 unspecified atom stereocenters. The van der Waals surface area contributed by atoms with Crippen LogP contribution in [0.3, 0.4) is 0 Å². The van der Waals surface area contributed by atoms with E-state index in [4.69, 9.17) is 0 Å². The molecular weight excluding hydrogens is 366 g/mol. The molecule has 2 aromatic rings. The Morgan fingerprint density at radius 2 is 2.14 bits per heavy atom. The molecule has 114 valence electrons. The quantitative estimate of drug-likeness (QED) is 0.819. The zero-order valence-electron chi connectivity index (χ0n) is 11.7. The highest BCUT2D eigenvalue weighted by Crippen LogP contribution is 2.23. The Hall–Kier alpha value is -1.73. The molecule has 1 saturated heterocycles. The summed E-state index contributed by atoms with van der Waals surface area (Å²) in [5, 5.41) is 2.43. The van der Waals surface area contributed by atoms with Crippen LogP contribution in [0.4, 0.5) is 5.13 Å². The summed E-state index contributed by atoms with van der Waals surface area (Å²) in [7, 11) is 0. The van der Waals surface area contributed by atoms with Gasteiger partial charge in [0.15, 0.2) is 5.13 Å². The van der Waals surface area contributed by atoms with Gasteiger partial charge in [0.05, 0.1) is 0 Å². The molecular formula is C15H14BrN3O2S. The predicted molar refractivity (Wildman–Crippen MR) is 88.9 cm³/mol. The van der Waals surface area contributed by atoms with Gasteiger partial charge in [0, 0.05) is 34.6 Å². The van der Waals surface area contributed by atoms with Crippen molar-refractivity contribution >= 4 is 44.2 Å². The summed E-state index contributed by atoms with van der Waals surface area (Å²) >= 11 is 4.75. The van der Waals surface area contributed by atoms with Gasteiger partial charge in [-0.1, -0.05) is 15.9 Å². The third kappa shape index (κ3) is 3.20. The summed E-state index contributed by atoms with van der Waals surface area (Å²) in [4.78, 5) is 32.1. The van der Waals surface area contributed by atoms with Crippen LogP contribution in [0.1, 0.15) is 23.2 Å². The second kappa shape index (κ2) is 6.58. The fourth-order valence-corrected chi connectivity index (χ4v) is 3.23. The van der Waals surface area contributed by atoms with Crippen molar-refractivity contribution in [1.82, 2.24) is 9.88 Å². The molecule has 0 radical (unpaired) electrons. The molecule has 0 saturated carbocycles. The molecule has 7 heteroatoms. The van der Waals surface area contributed by atoms with Gasteiger partial charge in [-0.2, -0.15) is 0 Å². The zero-order valence-corrected chi connectivity index (χ0v) is 14.1. The van der Waals surface area contributed by atoms with Crippen LogP contribution in [0.5, 0.6) is 0 Å². The lowest BCUT2D eigenvalue weighted by Crippen LogP contribution is -2.42. The van der Waals surface area contributed by atoms with Gasteiger partial charge in [0.2, 0.25) is 5.91 Å². The third-order valence-electron chi connectivity index (χ3n) is 3.47. The lowest BCUT2D eigenvalue weighted by atomic mass is 10.2. The van der Waals surface area contributed by atoms with Gasteiger partial charge in [-0.25, -0.2) is 4.98 Å². The first-order valence-electron chi connectivity index (χ1n) is 6.90. The summed E-state index contributed by atoms with van der Waals surface area (Å²) in [5.74, 6) is -0.0627. The van der Waals surface area contributed by atoms with Gasteiger partial charge in [-0.15, -0.1) is 11.3 Å². The van der Waals surface area contributed by atoms with E-state index in [0.29, 0.717) is 23.7 Å². The molecule has 0 N–H and O–H groups in total. The van der Waals surface area contributed by atoms with Crippen LogP contribution in [0.15, 0.2) is 40.3 Å². The maximum atomic E-state index is 12.8. The van der Waals surface area contributed by atoms with Gasteiger partial charge >= 0.3 is 0 Å². The normalized spacial score (nSPS) is 14.4. The molecule has 1 aliphatic heterocycles. The van der Waals surface area contributed by atoms with Gasteiger partial charge in [-0.05, 0) is 30.7 Å². The standard InChI is InChI=1S/C15H14BrN3O2S/c16-12-5-3-11(4-6-12)14(21)19(15-17-7-9-22-15)10-18-8-1-2-13(18)20/h3-7,9H,1-2,8,10H2. The van der Waals surface area contributed by atoms with Crippen LogP contribution in [-0.4, -0.2) is 34.9 Å². The molecule has 3 rings (SSSR count). The second-order valence-electron chi connectivity index (χ2n) is 4.96. The van der Waals surface area contributed by atoms with Gasteiger partial charge in [0.1, 0.15) is 6.67 Å². The van der Waals surface area contributed by atoms with Gasteiger partial charge in [-0.3, -0.25) is 14.5 Å². The van der Waals surface area contributed by atoms with Crippen molar-refractivity contribution in [2.24, 2.45) is 0 Å². The van der Waals surface area contributed by atoms with Crippen molar-refractivity contribution in [1.29, 1.82) is 0 Å². The number of halogens is 1. The van der Waals surface area contributed by atoms with E-state index in [1.807, 2.05) is 17.5 Å². The number of amides is 2. The van der Waals surface area contributed by atoms with E-state index in [1.54, 1.807) is 28.1 Å². The molecule has 2 amide bonds. The largest absolute Gasteiger partial charge is 0.324 e. The van der Waals surface area contributed by atoms with E-state index in [0.717, 1.165) is 10.9 Å². The highest BCUT2D eigenvalue weighted by Gasteiger charge is 2.27. The molecule has 22 heavy (non-hydrogen) atoms. The Bertz CT molecular complexity index is 673. The molecule has 1 aliphatic rings. The fraction of sp³-hybridized carbons (Fsp3) is 0.267. The molecule has 1 fully saturated rings. The van der Waals surface area contributed by atoms with E-state index in [9.17, 15) is 9.59 Å². The summed E-state index contributed by atoms with van der Waals surface area (Å²) in [6.07, 6.45) is 3.06. The molecule has 1 aromatic heterocycles. The summed E-state index contributed by atoms with van der Waals surface area (Å²) in [5.41, 5.74) is 0.574. The highest BCUT2D eigenvalue weighted by atomic mass is 79.9. The van der Waals surface area contributed by atoms with E-state index >= 15 is 0 Å². The first kappa shape index (κ1) is 15.2. The smallest absolute Gasteiger partial charge is 0.261 e. The van der Waals surface area contributed by atoms with Crippen molar-refractivity contribution in [2.75, 3.05) is 18.1 Å². The van der Waals surface area contributed by atoms with E-state index in [-0.39, 0.29) is 18.5 Å². The van der Waals surface area contributed by atoms with Crippen LogP contribution in [0.2, 0.25) is 0 Å². The number of aromatic nitrogens is 1. The van der Waals surface area contributed by atoms with E-state index < -0.39 is 0 Å². The number of hydrogen-bond acceptors (Lipinski definition) is 4. The Labute approximate surface area is 140 Å². The first-order chi connectivity index (χ1) is 10.6. The molecule has 0 bridgehead atoms. The maximum absolute atomic E-state index is 12.8. The Balaban J connectivity index is 1.86. The van der Waals surface area contributed by atoms with Crippen LogP contribution in [-0.2, 0) is 4.79 Å². The minimum Gasteiger partial charge on any atom is -0.324 e. The number of hydrogen-bond donors (Lipinski definition) is 0. The zero-order chi connectivity index (χ0) is 15.5. The minimum atomic E-state index is -0.151. The number of likely N-dealkylation sites (tertiary alicyclic amines) is 1. The average molecular weight is 380 g/mol. The van der Waals surface area contributed by atoms with Crippen LogP contribution >= 0.6 is 27.3 Å². The van der Waals surface area contributed by atoms with Crippen LogP contribution < -0.4 is 4.90 Å². The van der Waals surface area contributed by atoms with Crippen LogP contribution in [0, 0.1) is 0 Å². The van der Waals surface area contributed by atoms with Crippen molar-refractivity contribution in [3.8, 4) is 0 Å². The SMILES string of the molecule is O=C1CCCN1CN(C(=O)c1ccc(Br)cc1)c1nccs1. The average Bonchev–Trinajstić information content (AvgIpc) is 3.17. The monoisotopic (exact) mass is 379 g/mol. The Morgan fingerprint density at radius 1 is 1.36 bits per heavy atom. The molecule has 1 aromatic carbocycles. The fourth-order valence-electron chi connectivity index (χ4n) is 2.33. The first-order valence-corrected chi connectivity index (χ1v) is 8.57. The predicted octanol–water partition coefficient (Wildman–Crippen LogP) is 3.13.